The Kier molecular flexibility index (Phi) is 5.20. The van der Waals surface area contributed by atoms with E-state index in [9.17, 15) is 0 Å². The molecule has 0 radical (unpaired) electrons. The largest absolute Gasteiger partial charge is 0.353 e. The second-order valence-electron chi connectivity index (χ2n) is 4.09. The first kappa shape index (κ1) is 11.7. The molecule has 1 rings (SSSR count). The summed E-state index contributed by atoms with van der Waals surface area (Å²) >= 11 is 0. The van der Waals surface area contributed by atoms with E-state index in [4.69, 9.17) is 9.47 Å². The van der Waals surface area contributed by atoms with Gasteiger partial charge in [-0.05, 0) is 26.2 Å². The molecule has 0 aromatic heterocycles. The van der Waals surface area contributed by atoms with E-state index in [2.05, 4.69) is 20.4 Å². The molecule has 0 aromatic carbocycles. The van der Waals surface area contributed by atoms with Crippen LogP contribution < -0.4 is 0 Å². The van der Waals surface area contributed by atoms with Crippen molar-refractivity contribution in [2.24, 2.45) is 0 Å². The molecule has 0 spiro atoms. The predicted molar refractivity (Wildman–Crippen MR) is 58.2 cm³/mol. The van der Waals surface area contributed by atoms with Gasteiger partial charge in [-0.15, -0.1) is 0 Å². The number of hydrogen-bond acceptors (Lipinski definition) is 2. The Bertz CT molecular complexity index is 171. The van der Waals surface area contributed by atoms with E-state index in [0.717, 1.165) is 32.3 Å². The number of hydrogen-bond donors (Lipinski definition) is 0. The summed E-state index contributed by atoms with van der Waals surface area (Å²) in [5.41, 5.74) is 1.29. The molecule has 2 nitrogen and oxygen atoms in total. The Hall–Kier alpha value is -0.340. The van der Waals surface area contributed by atoms with Gasteiger partial charge in [0, 0.05) is 13.0 Å². The van der Waals surface area contributed by atoms with Gasteiger partial charge in [-0.3, -0.25) is 0 Å². The highest BCUT2D eigenvalue weighted by Crippen LogP contribution is 2.18. The molecule has 0 bridgehead atoms. The molecule has 82 valence electrons. The van der Waals surface area contributed by atoms with Crippen LogP contribution in [-0.4, -0.2) is 19.0 Å². The zero-order valence-electron chi connectivity index (χ0n) is 9.42. The summed E-state index contributed by atoms with van der Waals surface area (Å²) < 4.78 is 11.2. The minimum atomic E-state index is 0.0411. The summed E-state index contributed by atoms with van der Waals surface area (Å²) in [5.74, 6) is 0. The summed E-state index contributed by atoms with van der Waals surface area (Å²) in [6, 6.07) is 0. The first-order chi connectivity index (χ1) is 6.72. The maximum atomic E-state index is 5.75. The minimum Gasteiger partial charge on any atom is -0.353 e. The van der Waals surface area contributed by atoms with Crippen LogP contribution in [0.15, 0.2) is 12.2 Å². The van der Waals surface area contributed by atoms with Crippen LogP contribution in [0, 0.1) is 0 Å². The normalized spacial score (nSPS) is 23.7. The molecule has 1 fully saturated rings. The third-order valence-corrected chi connectivity index (χ3v) is 2.45. The van der Waals surface area contributed by atoms with Crippen molar-refractivity contribution in [3.63, 3.8) is 0 Å². The van der Waals surface area contributed by atoms with Crippen molar-refractivity contribution in [2.75, 3.05) is 6.61 Å². The van der Waals surface area contributed by atoms with Crippen LogP contribution in [0.4, 0.5) is 0 Å². The molecule has 0 N–H and O–H groups in total. The maximum Gasteiger partial charge on any atom is 0.158 e. The molecule has 0 amide bonds. The highest BCUT2D eigenvalue weighted by atomic mass is 16.7. The molecule has 0 saturated carbocycles. The Labute approximate surface area is 87.3 Å². The summed E-state index contributed by atoms with van der Waals surface area (Å²) in [6.07, 6.45) is 5.72. The molecule has 14 heavy (non-hydrogen) atoms. The molecule has 0 aliphatic carbocycles. The van der Waals surface area contributed by atoms with Crippen LogP contribution in [0.1, 0.15) is 46.0 Å². The maximum absolute atomic E-state index is 5.75. The van der Waals surface area contributed by atoms with Crippen molar-refractivity contribution in [1.29, 1.82) is 0 Å². The van der Waals surface area contributed by atoms with Crippen LogP contribution >= 0.6 is 0 Å². The number of rotatable bonds is 6. The van der Waals surface area contributed by atoms with Crippen LogP contribution in [0.25, 0.3) is 0 Å². The lowest BCUT2D eigenvalue weighted by atomic mass is 10.1. The Morgan fingerprint density at radius 3 is 3.00 bits per heavy atom. The monoisotopic (exact) mass is 198 g/mol. The lowest BCUT2D eigenvalue weighted by Crippen LogP contribution is -2.19. The second-order valence-corrected chi connectivity index (χ2v) is 4.09. The minimum absolute atomic E-state index is 0.0411. The van der Waals surface area contributed by atoms with Crippen molar-refractivity contribution in [2.45, 2.75) is 58.3 Å². The molecule has 2 unspecified atom stereocenters. The van der Waals surface area contributed by atoms with Gasteiger partial charge < -0.3 is 9.47 Å². The summed E-state index contributed by atoms with van der Waals surface area (Å²) in [4.78, 5) is 0. The van der Waals surface area contributed by atoms with Crippen molar-refractivity contribution < 1.29 is 9.47 Å². The standard InChI is InChI=1S/C12H22O2/c1-4-6-10(2)9-11(3)14-12-7-5-8-13-12/h11-12H,2,4-9H2,1,3H3. The third-order valence-electron chi connectivity index (χ3n) is 2.45. The average molecular weight is 198 g/mol. The van der Waals surface area contributed by atoms with Crippen molar-refractivity contribution in [1.82, 2.24) is 0 Å². The highest BCUT2D eigenvalue weighted by Gasteiger charge is 2.18. The van der Waals surface area contributed by atoms with Gasteiger partial charge in [0.15, 0.2) is 6.29 Å². The SMILES string of the molecule is C=C(CCC)CC(C)OC1CCCO1. The van der Waals surface area contributed by atoms with Gasteiger partial charge in [-0.2, -0.15) is 0 Å². The van der Waals surface area contributed by atoms with Crippen molar-refractivity contribution in [3.8, 4) is 0 Å². The molecule has 1 heterocycles. The smallest absolute Gasteiger partial charge is 0.158 e. The first-order valence-electron chi connectivity index (χ1n) is 5.66. The van der Waals surface area contributed by atoms with E-state index < -0.39 is 0 Å². The molecular formula is C12H22O2. The van der Waals surface area contributed by atoms with E-state index in [1.165, 1.54) is 12.0 Å². The van der Waals surface area contributed by atoms with E-state index in [-0.39, 0.29) is 12.4 Å². The summed E-state index contributed by atoms with van der Waals surface area (Å²) in [6.45, 7) is 9.17. The quantitative estimate of drug-likeness (QED) is 0.610. The van der Waals surface area contributed by atoms with Gasteiger partial charge in [0.05, 0.1) is 6.10 Å². The van der Waals surface area contributed by atoms with Crippen LogP contribution in [0.3, 0.4) is 0 Å². The first-order valence-corrected chi connectivity index (χ1v) is 5.66. The molecule has 2 heteroatoms. The van der Waals surface area contributed by atoms with Gasteiger partial charge in [-0.25, -0.2) is 0 Å². The second kappa shape index (κ2) is 6.20. The topological polar surface area (TPSA) is 18.5 Å². The molecule has 1 saturated heterocycles. The molecule has 1 aliphatic heterocycles. The van der Waals surface area contributed by atoms with E-state index in [0.29, 0.717) is 0 Å². The number of ether oxygens (including phenoxy) is 2. The molecular weight excluding hydrogens is 176 g/mol. The van der Waals surface area contributed by atoms with E-state index in [1.807, 2.05) is 0 Å². The zero-order valence-corrected chi connectivity index (χ0v) is 9.42. The lowest BCUT2D eigenvalue weighted by Gasteiger charge is -2.18. The van der Waals surface area contributed by atoms with E-state index in [1.54, 1.807) is 0 Å². The van der Waals surface area contributed by atoms with Crippen LogP contribution in [0.2, 0.25) is 0 Å². The van der Waals surface area contributed by atoms with Crippen LogP contribution in [-0.2, 0) is 9.47 Å². The van der Waals surface area contributed by atoms with Gasteiger partial charge in [0.25, 0.3) is 0 Å². The van der Waals surface area contributed by atoms with Gasteiger partial charge in [0.2, 0.25) is 0 Å². The predicted octanol–water partition coefficient (Wildman–Crippen LogP) is 3.27. The zero-order chi connectivity index (χ0) is 10.4. The van der Waals surface area contributed by atoms with Gasteiger partial charge >= 0.3 is 0 Å². The molecule has 1 aliphatic rings. The Morgan fingerprint density at radius 1 is 1.64 bits per heavy atom. The fraction of sp³-hybridized carbons (Fsp3) is 0.833. The third kappa shape index (κ3) is 4.25. The highest BCUT2D eigenvalue weighted by molar-refractivity contribution is 4.95. The average Bonchev–Trinajstić information content (AvgIpc) is 2.56. The molecule has 0 aromatic rings. The van der Waals surface area contributed by atoms with Crippen molar-refractivity contribution in [3.05, 3.63) is 12.2 Å². The summed E-state index contributed by atoms with van der Waals surface area (Å²) in [7, 11) is 0. The van der Waals surface area contributed by atoms with Crippen LogP contribution in [0.5, 0.6) is 0 Å². The van der Waals surface area contributed by atoms with Gasteiger partial charge in [0.1, 0.15) is 0 Å². The summed E-state index contributed by atoms with van der Waals surface area (Å²) in [5, 5.41) is 0. The lowest BCUT2D eigenvalue weighted by molar-refractivity contribution is -0.138. The fourth-order valence-corrected chi connectivity index (χ4v) is 1.82. The van der Waals surface area contributed by atoms with E-state index >= 15 is 0 Å². The Balaban J connectivity index is 2.14. The van der Waals surface area contributed by atoms with Gasteiger partial charge in [-0.1, -0.05) is 25.5 Å². The van der Waals surface area contributed by atoms with Crippen molar-refractivity contribution >= 4 is 0 Å². The molecule has 2 atom stereocenters. The fourth-order valence-electron chi connectivity index (χ4n) is 1.82. The Morgan fingerprint density at radius 2 is 2.43 bits per heavy atom.